The van der Waals surface area contributed by atoms with Crippen molar-refractivity contribution in [2.75, 3.05) is 32.5 Å². The van der Waals surface area contributed by atoms with Crippen LogP contribution < -0.4 is 10.6 Å². The summed E-state index contributed by atoms with van der Waals surface area (Å²) in [4.78, 5) is 25.4. The van der Waals surface area contributed by atoms with Crippen LogP contribution in [0.5, 0.6) is 0 Å². The van der Waals surface area contributed by atoms with Gasteiger partial charge in [0.15, 0.2) is 0 Å². The molecule has 2 rings (SSSR count). The molecule has 130 valence electrons. The quantitative estimate of drug-likeness (QED) is 0.756. The monoisotopic (exact) mass is 329 g/mol. The third-order valence-corrected chi connectivity index (χ3v) is 4.12. The van der Waals surface area contributed by atoms with Gasteiger partial charge in [-0.1, -0.05) is 17.7 Å². The van der Waals surface area contributed by atoms with Gasteiger partial charge in [0.05, 0.1) is 6.54 Å². The number of nitrogens with zero attached hydrogens (tertiary/aromatic N) is 1. The Hall–Kier alpha value is -2.30. The summed E-state index contributed by atoms with van der Waals surface area (Å²) in [6.45, 7) is 0.893. The van der Waals surface area contributed by atoms with E-state index in [9.17, 15) is 9.59 Å². The minimum atomic E-state index is -0.0520. The summed E-state index contributed by atoms with van der Waals surface area (Å²) in [5.41, 5.74) is 2.84. The van der Waals surface area contributed by atoms with E-state index in [0.717, 1.165) is 12.1 Å². The van der Waals surface area contributed by atoms with Crippen molar-refractivity contribution in [2.45, 2.75) is 32.1 Å². The van der Waals surface area contributed by atoms with Gasteiger partial charge in [0.25, 0.3) is 5.91 Å². The van der Waals surface area contributed by atoms with Gasteiger partial charge in [-0.05, 0) is 50.3 Å². The molecule has 0 spiro atoms. The zero-order chi connectivity index (χ0) is 17.4. The van der Waals surface area contributed by atoms with Crippen molar-refractivity contribution in [2.24, 2.45) is 0 Å². The minimum Gasteiger partial charge on any atom is -0.376 e. The number of anilines is 1. The molecule has 0 aliphatic heterocycles. The van der Waals surface area contributed by atoms with Crippen molar-refractivity contribution in [1.82, 2.24) is 10.2 Å². The average Bonchev–Trinajstić information content (AvgIpc) is 2.60. The van der Waals surface area contributed by atoms with Gasteiger partial charge in [-0.3, -0.25) is 9.59 Å². The van der Waals surface area contributed by atoms with E-state index in [1.54, 1.807) is 26.2 Å². The highest BCUT2D eigenvalue weighted by Crippen LogP contribution is 2.19. The fraction of sp³-hybridized carbons (Fsp3) is 0.474. The minimum absolute atomic E-state index is 0.0317. The smallest absolute Gasteiger partial charge is 0.253 e. The van der Waals surface area contributed by atoms with Gasteiger partial charge in [0.2, 0.25) is 5.91 Å². The molecule has 0 fully saturated rings. The van der Waals surface area contributed by atoms with Gasteiger partial charge in [-0.2, -0.15) is 0 Å². The summed E-state index contributed by atoms with van der Waals surface area (Å²) in [6, 6.07) is 7.20. The lowest BCUT2D eigenvalue weighted by Gasteiger charge is -2.14. The Morgan fingerprint density at radius 2 is 2.04 bits per heavy atom. The predicted octanol–water partition coefficient (Wildman–Crippen LogP) is 2.81. The van der Waals surface area contributed by atoms with E-state index in [-0.39, 0.29) is 18.4 Å². The molecule has 0 bridgehead atoms. The van der Waals surface area contributed by atoms with Crippen LogP contribution in [-0.4, -0.2) is 43.9 Å². The van der Waals surface area contributed by atoms with Gasteiger partial charge in [-0.15, -0.1) is 0 Å². The summed E-state index contributed by atoms with van der Waals surface area (Å²) in [5.74, 6) is -0.0837. The number of nitrogens with one attached hydrogen (secondary N) is 2. The fourth-order valence-electron chi connectivity index (χ4n) is 2.76. The summed E-state index contributed by atoms with van der Waals surface area (Å²) in [5, 5.41) is 6.01. The van der Waals surface area contributed by atoms with Gasteiger partial charge in [0.1, 0.15) is 0 Å². The number of amides is 2. The molecule has 0 unspecified atom stereocenters. The SMILES string of the molecule is CN(C)C(=O)c1cccc(NCC(=O)NCCC2=CCCCC2)c1. The fourth-order valence-corrected chi connectivity index (χ4v) is 2.76. The van der Waals surface area contributed by atoms with E-state index >= 15 is 0 Å². The first-order valence-corrected chi connectivity index (χ1v) is 8.56. The normalized spacial score (nSPS) is 13.8. The molecule has 2 amide bonds. The third kappa shape index (κ3) is 5.72. The molecule has 1 aliphatic rings. The standard InChI is InChI=1S/C19H27N3O2/c1-22(2)19(24)16-9-6-10-17(13-16)21-14-18(23)20-12-11-15-7-4-3-5-8-15/h6-7,9-10,13,21H,3-5,8,11-12,14H2,1-2H3,(H,20,23). The van der Waals surface area contributed by atoms with Crippen LogP contribution in [0.2, 0.25) is 0 Å². The maximum Gasteiger partial charge on any atom is 0.253 e. The van der Waals surface area contributed by atoms with E-state index in [1.807, 2.05) is 12.1 Å². The third-order valence-electron chi connectivity index (χ3n) is 4.12. The van der Waals surface area contributed by atoms with Gasteiger partial charge >= 0.3 is 0 Å². The number of carbonyl (C=O) groups excluding carboxylic acids is 2. The van der Waals surface area contributed by atoms with Crippen molar-refractivity contribution in [3.8, 4) is 0 Å². The molecular formula is C19H27N3O2. The van der Waals surface area contributed by atoms with E-state index in [0.29, 0.717) is 12.1 Å². The van der Waals surface area contributed by atoms with Gasteiger partial charge < -0.3 is 15.5 Å². The molecule has 0 aromatic heterocycles. The molecule has 2 N–H and O–H groups in total. The zero-order valence-corrected chi connectivity index (χ0v) is 14.6. The molecule has 24 heavy (non-hydrogen) atoms. The van der Waals surface area contributed by atoms with Crippen molar-refractivity contribution < 1.29 is 9.59 Å². The molecule has 0 saturated carbocycles. The van der Waals surface area contributed by atoms with Crippen molar-refractivity contribution in [3.63, 3.8) is 0 Å². The lowest BCUT2D eigenvalue weighted by Crippen LogP contribution is -2.31. The highest BCUT2D eigenvalue weighted by molar-refractivity contribution is 5.95. The van der Waals surface area contributed by atoms with Crippen molar-refractivity contribution >= 4 is 17.5 Å². The number of hydrogen-bond donors (Lipinski definition) is 2. The number of allylic oxidation sites excluding steroid dienone is 1. The Balaban J connectivity index is 1.74. The molecule has 1 aromatic rings. The van der Waals surface area contributed by atoms with Crippen LogP contribution in [0.15, 0.2) is 35.9 Å². The van der Waals surface area contributed by atoms with Crippen LogP contribution in [0.3, 0.4) is 0 Å². The molecule has 1 aliphatic carbocycles. The molecular weight excluding hydrogens is 302 g/mol. The van der Waals surface area contributed by atoms with E-state index in [1.165, 1.54) is 36.2 Å². The number of rotatable bonds is 7. The second-order valence-electron chi connectivity index (χ2n) is 6.34. The number of carbonyl (C=O) groups is 2. The molecule has 0 radical (unpaired) electrons. The average molecular weight is 329 g/mol. The highest BCUT2D eigenvalue weighted by Gasteiger charge is 2.09. The van der Waals surface area contributed by atoms with Crippen LogP contribution in [0.4, 0.5) is 5.69 Å². The molecule has 0 heterocycles. The maximum absolute atomic E-state index is 11.9. The first-order valence-electron chi connectivity index (χ1n) is 8.56. The van der Waals surface area contributed by atoms with E-state index in [4.69, 9.17) is 0 Å². The van der Waals surface area contributed by atoms with Crippen LogP contribution >= 0.6 is 0 Å². The Morgan fingerprint density at radius 1 is 1.21 bits per heavy atom. The van der Waals surface area contributed by atoms with Crippen LogP contribution in [0.1, 0.15) is 42.5 Å². The lowest BCUT2D eigenvalue weighted by atomic mass is 9.97. The Bertz CT molecular complexity index is 608. The van der Waals surface area contributed by atoms with Crippen LogP contribution in [-0.2, 0) is 4.79 Å². The maximum atomic E-state index is 11.9. The Labute approximate surface area is 144 Å². The Morgan fingerprint density at radius 3 is 2.75 bits per heavy atom. The highest BCUT2D eigenvalue weighted by atomic mass is 16.2. The summed E-state index contributed by atoms with van der Waals surface area (Å²) in [7, 11) is 3.44. The molecule has 5 nitrogen and oxygen atoms in total. The van der Waals surface area contributed by atoms with Crippen molar-refractivity contribution in [3.05, 3.63) is 41.5 Å². The predicted molar refractivity (Wildman–Crippen MR) is 97.1 cm³/mol. The van der Waals surface area contributed by atoms with Gasteiger partial charge in [0, 0.05) is 31.9 Å². The Kier molecular flexibility index (Phi) is 6.85. The first-order chi connectivity index (χ1) is 11.6. The van der Waals surface area contributed by atoms with Crippen LogP contribution in [0.25, 0.3) is 0 Å². The number of benzene rings is 1. The largest absolute Gasteiger partial charge is 0.376 e. The summed E-state index contributed by atoms with van der Waals surface area (Å²) in [6.07, 6.45) is 8.14. The second-order valence-corrected chi connectivity index (χ2v) is 6.34. The molecule has 5 heteroatoms. The van der Waals surface area contributed by atoms with Gasteiger partial charge in [-0.25, -0.2) is 0 Å². The molecule has 0 saturated heterocycles. The zero-order valence-electron chi connectivity index (χ0n) is 14.6. The number of hydrogen-bond acceptors (Lipinski definition) is 3. The summed E-state index contributed by atoms with van der Waals surface area (Å²) >= 11 is 0. The van der Waals surface area contributed by atoms with E-state index in [2.05, 4.69) is 16.7 Å². The van der Waals surface area contributed by atoms with Crippen molar-refractivity contribution in [1.29, 1.82) is 0 Å². The molecule has 0 atom stereocenters. The summed E-state index contributed by atoms with van der Waals surface area (Å²) < 4.78 is 0. The first kappa shape index (κ1) is 18.0. The topological polar surface area (TPSA) is 61.4 Å². The second kappa shape index (κ2) is 9.11. The molecule has 1 aromatic carbocycles. The van der Waals surface area contributed by atoms with E-state index < -0.39 is 0 Å². The lowest BCUT2D eigenvalue weighted by molar-refractivity contribution is -0.119. The van der Waals surface area contributed by atoms with Crippen LogP contribution in [0, 0.1) is 0 Å².